The van der Waals surface area contributed by atoms with E-state index in [1.165, 1.54) is 9.47 Å². The molecule has 8 heteroatoms. The van der Waals surface area contributed by atoms with Crippen LogP contribution in [0.1, 0.15) is 31.9 Å². The Labute approximate surface area is 156 Å². The minimum atomic E-state index is -0.636. The zero-order valence-corrected chi connectivity index (χ0v) is 15.4. The van der Waals surface area contributed by atoms with Crippen LogP contribution in [0.5, 0.6) is 5.88 Å². The molecule has 0 N–H and O–H groups in total. The highest BCUT2D eigenvalue weighted by molar-refractivity contribution is 5.87. The number of carbonyl (C=O) groups is 1. The molecule has 2 heterocycles. The third-order valence-electron chi connectivity index (χ3n) is 3.85. The van der Waals surface area contributed by atoms with E-state index < -0.39 is 17.4 Å². The van der Waals surface area contributed by atoms with Gasteiger partial charge < -0.3 is 9.47 Å². The fourth-order valence-corrected chi connectivity index (χ4v) is 2.69. The van der Waals surface area contributed by atoms with Gasteiger partial charge in [0.2, 0.25) is 5.88 Å². The summed E-state index contributed by atoms with van der Waals surface area (Å²) < 4.78 is 12.4. The van der Waals surface area contributed by atoms with Crippen LogP contribution in [-0.4, -0.2) is 27.8 Å². The summed E-state index contributed by atoms with van der Waals surface area (Å²) in [4.78, 5) is 30.0. The van der Waals surface area contributed by atoms with Crippen molar-refractivity contribution in [3.8, 4) is 11.9 Å². The molecular formula is C19H20N4O4. The number of rotatable bonds is 3. The average Bonchev–Trinajstić information content (AvgIpc) is 3.03. The Morgan fingerprint density at radius 2 is 2.07 bits per heavy atom. The summed E-state index contributed by atoms with van der Waals surface area (Å²) in [6.07, 6.45) is -0.521. The number of carbonyl (C=O) groups excluding carboxylic acids is 1. The van der Waals surface area contributed by atoms with E-state index in [0.717, 1.165) is 5.56 Å². The van der Waals surface area contributed by atoms with E-state index in [4.69, 9.17) is 14.7 Å². The van der Waals surface area contributed by atoms with Crippen LogP contribution in [-0.2, 0) is 17.9 Å². The maximum Gasteiger partial charge on any atom is 0.416 e. The molecule has 1 aromatic heterocycles. The Morgan fingerprint density at radius 3 is 2.78 bits per heavy atom. The van der Waals surface area contributed by atoms with Crippen molar-refractivity contribution < 1.29 is 14.3 Å². The van der Waals surface area contributed by atoms with Crippen LogP contribution in [0.4, 0.5) is 10.6 Å². The van der Waals surface area contributed by atoms with Gasteiger partial charge >= 0.3 is 11.8 Å². The van der Waals surface area contributed by atoms with Crippen molar-refractivity contribution in [2.24, 2.45) is 0 Å². The minimum absolute atomic E-state index is 0.115. The van der Waals surface area contributed by atoms with Gasteiger partial charge in [0.05, 0.1) is 11.6 Å². The molecule has 0 unspecified atom stereocenters. The summed E-state index contributed by atoms with van der Waals surface area (Å²) in [6.45, 7) is 6.18. The maximum absolute atomic E-state index is 12.4. The molecule has 0 bridgehead atoms. The van der Waals surface area contributed by atoms with Gasteiger partial charge in [0.15, 0.2) is 0 Å². The van der Waals surface area contributed by atoms with Gasteiger partial charge in [-0.1, -0.05) is 12.1 Å². The van der Waals surface area contributed by atoms with Gasteiger partial charge in [-0.2, -0.15) is 10.2 Å². The van der Waals surface area contributed by atoms with Crippen molar-refractivity contribution in [1.82, 2.24) is 9.55 Å². The van der Waals surface area contributed by atoms with Crippen LogP contribution in [0.3, 0.4) is 0 Å². The van der Waals surface area contributed by atoms with Crippen LogP contribution in [0, 0.1) is 11.3 Å². The van der Waals surface area contributed by atoms with Gasteiger partial charge in [-0.05, 0) is 38.5 Å². The van der Waals surface area contributed by atoms with Crippen molar-refractivity contribution in [2.75, 3.05) is 11.4 Å². The van der Waals surface area contributed by atoms with Crippen molar-refractivity contribution in [3.05, 3.63) is 51.9 Å². The monoisotopic (exact) mass is 368 g/mol. The van der Waals surface area contributed by atoms with E-state index in [9.17, 15) is 9.59 Å². The summed E-state index contributed by atoms with van der Waals surface area (Å²) in [7, 11) is 0. The molecule has 8 nitrogen and oxygen atoms in total. The number of fused-ring (bicyclic) bond motifs is 1. The van der Waals surface area contributed by atoms with Crippen molar-refractivity contribution in [1.29, 1.82) is 5.26 Å². The first-order valence-corrected chi connectivity index (χ1v) is 8.51. The number of benzene rings is 1. The molecule has 27 heavy (non-hydrogen) atoms. The smallest absolute Gasteiger partial charge is 0.416 e. The number of amides is 1. The van der Waals surface area contributed by atoms with Crippen molar-refractivity contribution >= 4 is 11.9 Å². The fraction of sp³-hybridized carbons (Fsp3) is 0.368. The summed E-state index contributed by atoms with van der Waals surface area (Å²) >= 11 is 0. The zero-order valence-electron chi connectivity index (χ0n) is 15.4. The lowest BCUT2D eigenvalue weighted by Gasteiger charge is -2.24. The summed E-state index contributed by atoms with van der Waals surface area (Å²) in [5.41, 5.74) is 0.178. The molecule has 0 radical (unpaired) electrons. The van der Waals surface area contributed by atoms with Crippen LogP contribution in [0.25, 0.3) is 0 Å². The molecule has 2 aromatic rings. The number of nitrogens with zero attached hydrogens (tertiary/aromatic N) is 4. The van der Waals surface area contributed by atoms with Gasteiger partial charge in [-0.3, -0.25) is 9.47 Å². The first-order valence-electron chi connectivity index (χ1n) is 8.51. The molecule has 0 saturated heterocycles. The second-order valence-electron chi connectivity index (χ2n) is 7.12. The lowest BCUT2D eigenvalue weighted by molar-refractivity contribution is 0.0584. The number of anilines is 1. The number of hydrogen-bond donors (Lipinski definition) is 0. The third kappa shape index (κ3) is 4.26. The van der Waals surface area contributed by atoms with Crippen molar-refractivity contribution in [2.45, 2.75) is 39.5 Å². The molecule has 140 valence electrons. The molecule has 1 aliphatic rings. The van der Waals surface area contributed by atoms with Crippen LogP contribution < -0.4 is 15.3 Å². The number of hydrogen-bond acceptors (Lipinski definition) is 6. The van der Waals surface area contributed by atoms with Gasteiger partial charge in [0.1, 0.15) is 18.0 Å². The van der Waals surface area contributed by atoms with Crippen molar-refractivity contribution in [3.63, 3.8) is 0 Å². The minimum Gasteiger partial charge on any atom is -0.473 e. The fourth-order valence-electron chi connectivity index (χ4n) is 2.69. The van der Waals surface area contributed by atoms with E-state index in [0.29, 0.717) is 24.5 Å². The number of nitriles is 1. The quantitative estimate of drug-likeness (QED) is 0.825. The molecule has 1 amide bonds. The predicted octanol–water partition coefficient (Wildman–Crippen LogP) is 2.45. The summed E-state index contributed by atoms with van der Waals surface area (Å²) in [5, 5.41) is 8.95. The van der Waals surface area contributed by atoms with Crippen LogP contribution in [0.2, 0.25) is 0 Å². The van der Waals surface area contributed by atoms with Crippen LogP contribution >= 0.6 is 0 Å². The predicted molar refractivity (Wildman–Crippen MR) is 97.6 cm³/mol. The molecule has 1 aliphatic heterocycles. The van der Waals surface area contributed by atoms with Gasteiger partial charge in [0, 0.05) is 19.2 Å². The molecule has 0 spiro atoms. The van der Waals surface area contributed by atoms with Crippen LogP contribution in [0.15, 0.2) is 35.1 Å². The second kappa shape index (κ2) is 7.11. The molecule has 0 saturated carbocycles. The molecule has 0 aliphatic carbocycles. The molecule has 3 rings (SSSR count). The zero-order chi connectivity index (χ0) is 19.6. The summed E-state index contributed by atoms with van der Waals surface area (Å²) in [6, 6.07) is 10.6. The maximum atomic E-state index is 12.4. The standard InChI is InChI=1S/C19H20N4O4/c1-19(2,3)27-18(25)23-8-7-22-16(23)10-15(21-17(22)24)26-12-14-6-4-5-13(9-14)11-20/h4-6,9-10H,7-8,12H2,1-3H3. The second-order valence-corrected chi connectivity index (χ2v) is 7.12. The summed E-state index contributed by atoms with van der Waals surface area (Å²) in [5.74, 6) is 0.508. The largest absolute Gasteiger partial charge is 0.473 e. The Bertz CT molecular complexity index is 969. The van der Waals surface area contributed by atoms with Gasteiger partial charge in [-0.15, -0.1) is 0 Å². The Hall–Kier alpha value is -3.34. The SMILES string of the molecule is CC(C)(C)OC(=O)N1CCn2c1cc(OCc1cccc(C#N)c1)nc2=O. The van der Waals surface area contributed by atoms with E-state index in [-0.39, 0.29) is 12.5 Å². The number of aromatic nitrogens is 2. The lowest BCUT2D eigenvalue weighted by Crippen LogP contribution is -2.36. The first-order chi connectivity index (χ1) is 12.8. The van der Waals surface area contributed by atoms with E-state index in [1.807, 2.05) is 6.07 Å². The van der Waals surface area contributed by atoms with Gasteiger partial charge in [0.25, 0.3) is 0 Å². The van der Waals surface area contributed by atoms with E-state index in [2.05, 4.69) is 11.1 Å². The Kier molecular flexibility index (Phi) is 4.86. The number of ether oxygens (including phenoxy) is 2. The molecule has 0 fully saturated rings. The van der Waals surface area contributed by atoms with E-state index in [1.54, 1.807) is 45.0 Å². The Morgan fingerprint density at radius 1 is 1.30 bits per heavy atom. The normalized spacial score (nSPS) is 13.0. The molecule has 1 aromatic carbocycles. The highest BCUT2D eigenvalue weighted by Gasteiger charge is 2.30. The third-order valence-corrected chi connectivity index (χ3v) is 3.85. The van der Waals surface area contributed by atoms with E-state index >= 15 is 0 Å². The Balaban J connectivity index is 1.80. The molecular weight excluding hydrogens is 348 g/mol. The highest BCUT2D eigenvalue weighted by atomic mass is 16.6. The van der Waals surface area contributed by atoms with Gasteiger partial charge in [-0.25, -0.2) is 9.59 Å². The first kappa shape index (κ1) is 18.5. The topological polar surface area (TPSA) is 97.5 Å². The lowest BCUT2D eigenvalue weighted by atomic mass is 10.1. The average molecular weight is 368 g/mol. The molecule has 0 atom stereocenters. The highest BCUT2D eigenvalue weighted by Crippen LogP contribution is 2.25.